The van der Waals surface area contributed by atoms with Crippen LogP contribution in [-0.4, -0.2) is 49.8 Å². The average molecular weight is 397 g/mol. The summed E-state index contributed by atoms with van der Waals surface area (Å²) in [7, 11) is 1.43. The van der Waals surface area contributed by atoms with Crippen molar-refractivity contribution in [2.45, 2.75) is 44.3 Å². The van der Waals surface area contributed by atoms with Crippen molar-refractivity contribution in [3.05, 3.63) is 20.8 Å². The molecule has 0 saturated carbocycles. The van der Waals surface area contributed by atoms with Crippen LogP contribution in [0.5, 0.6) is 0 Å². The second-order valence-electron chi connectivity index (χ2n) is 7.18. The number of H-pyrrole nitrogens is 1. The lowest BCUT2D eigenvalue weighted by atomic mass is 9.86. The highest BCUT2D eigenvalue weighted by atomic mass is 32.2. The Labute approximate surface area is 161 Å². The second-order valence-corrected chi connectivity index (χ2v) is 8.26. The highest BCUT2D eigenvalue weighted by Crippen LogP contribution is 2.28. The van der Waals surface area contributed by atoms with Crippen LogP contribution in [-0.2, 0) is 18.3 Å². The first-order valence-corrected chi connectivity index (χ1v) is 10.5. The number of rotatable bonds is 7. The number of nitrogens with one attached hydrogen (secondary N) is 1. The third-order valence-corrected chi connectivity index (χ3v) is 6.35. The summed E-state index contributed by atoms with van der Waals surface area (Å²) in [6.45, 7) is 3.96. The van der Waals surface area contributed by atoms with Crippen molar-refractivity contribution in [3.63, 3.8) is 0 Å². The molecule has 8 nitrogen and oxygen atoms in total. The van der Waals surface area contributed by atoms with Gasteiger partial charge in [0.2, 0.25) is 0 Å². The molecule has 2 atom stereocenters. The first kappa shape index (κ1) is 20.2. The Bertz CT molecular complexity index is 888. The van der Waals surface area contributed by atoms with Gasteiger partial charge in [0, 0.05) is 26.0 Å². The molecular weight excluding hydrogens is 368 g/mol. The molecule has 0 aromatic carbocycles. The van der Waals surface area contributed by atoms with E-state index >= 15 is 0 Å². The fourth-order valence-electron chi connectivity index (χ4n) is 3.65. The summed E-state index contributed by atoms with van der Waals surface area (Å²) in [4.78, 5) is 32.0. The molecule has 27 heavy (non-hydrogen) atoms. The molecule has 2 N–H and O–H groups in total. The van der Waals surface area contributed by atoms with Crippen LogP contribution in [0.15, 0.2) is 14.7 Å². The lowest BCUT2D eigenvalue weighted by Gasteiger charge is -2.20. The van der Waals surface area contributed by atoms with Gasteiger partial charge in [0.1, 0.15) is 0 Å². The first-order valence-electron chi connectivity index (χ1n) is 9.54. The lowest BCUT2D eigenvalue weighted by molar-refractivity contribution is 0.140. The van der Waals surface area contributed by atoms with E-state index in [2.05, 4.69) is 16.9 Å². The summed E-state index contributed by atoms with van der Waals surface area (Å²) in [5.74, 6) is 2.29. The minimum atomic E-state index is -0.464. The van der Waals surface area contributed by atoms with Crippen molar-refractivity contribution in [1.29, 1.82) is 0 Å². The van der Waals surface area contributed by atoms with Crippen LogP contribution < -0.4 is 11.2 Å². The first-order chi connectivity index (χ1) is 13.0. The van der Waals surface area contributed by atoms with Gasteiger partial charge in [-0.25, -0.2) is 9.78 Å². The number of thioether (sulfide) groups is 1. The number of aliphatic hydroxyl groups is 1. The van der Waals surface area contributed by atoms with Gasteiger partial charge < -0.3 is 14.8 Å². The number of ether oxygens (including phenoxy) is 1. The minimum absolute atomic E-state index is 0.111. The molecule has 3 heterocycles. The van der Waals surface area contributed by atoms with Gasteiger partial charge in [0.25, 0.3) is 5.56 Å². The number of imidazole rings is 1. The molecule has 0 spiro atoms. The molecule has 0 amide bonds. The molecule has 2 aromatic heterocycles. The zero-order chi connectivity index (χ0) is 19.4. The molecule has 0 aliphatic carbocycles. The van der Waals surface area contributed by atoms with Crippen LogP contribution in [0, 0.1) is 11.8 Å². The van der Waals surface area contributed by atoms with E-state index in [1.807, 2.05) is 0 Å². The van der Waals surface area contributed by atoms with Crippen molar-refractivity contribution < 1.29 is 9.84 Å². The number of hydrogen-bond acceptors (Lipinski definition) is 6. The van der Waals surface area contributed by atoms with Crippen molar-refractivity contribution in [1.82, 2.24) is 19.1 Å². The van der Waals surface area contributed by atoms with Gasteiger partial charge in [0.15, 0.2) is 16.3 Å². The van der Waals surface area contributed by atoms with Crippen molar-refractivity contribution in [2.24, 2.45) is 18.9 Å². The quantitative estimate of drug-likeness (QED) is 0.541. The maximum Gasteiger partial charge on any atom is 0.332 e. The molecule has 0 bridgehead atoms. The van der Waals surface area contributed by atoms with Gasteiger partial charge in [-0.15, -0.1) is 0 Å². The predicted octanol–water partition coefficient (Wildman–Crippen LogP) is 1.35. The Balaban J connectivity index is 1.67. The van der Waals surface area contributed by atoms with E-state index in [1.165, 1.54) is 11.6 Å². The van der Waals surface area contributed by atoms with Gasteiger partial charge in [-0.2, -0.15) is 0 Å². The van der Waals surface area contributed by atoms with E-state index in [9.17, 15) is 14.7 Å². The Morgan fingerprint density at radius 2 is 2.11 bits per heavy atom. The topological polar surface area (TPSA) is 102 Å². The summed E-state index contributed by atoms with van der Waals surface area (Å²) in [5.41, 5.74) is -0.234. The van der Waals surface area contributed by atoms with Gasteiger partial charge in [-0.1, -0.05) is 18.7 Å². The van der Waals surface area contributed by atoms with Gasteiger partial charge in [-0.3, -0.25) is 13.9 Å². The zero-order valence-corrected chi connectivity index (χ0v) is 16.8. The Morgan fingerprint density at radius 1 is 1.33 bits per heavy atom. The van der Waals surface area contributed by atoms with Crippen LogP contribution in [0.1, 0.15) is 32.6 Å². The van der Waals surface area contributed by atoms with E-state index in [-0.39, 0.29) is 13.2 Å². The molecule has 1 aliphatic heterocycles. The van der Waals surface area contributed by atoms with E-state index in [4.69, 9.17) is 4.74 Å². The number of nitrogens with zero attached hydrogens (tertiary/aromatic N) is 3. The molecule has 1 saturated heterocycles. The Kier molecular flexibility index (Phi) is 6.78. The van der Waals surface area contributed by atoms with E-state index in [1.54, 1.807) is 11.8 Å². The van der Waals surface area contributed by atoms with Gasteiger partial charge in [0.05, 0.1) is 13.2 Å². The molecule has 2 aromatic rings. The predicted molar refractivity (Wildman–Crippen MR) is 105 cm³/mol. The molecule has 1 fully saturated rings. The lowest BCUT2D eigenvalue weighted by Crippen LogP contribution is -2.38. The Hall–Kier alpha value is -1.58. The fourth-order valence-corrected chi connectivity index (χ4v) is 4.48. The smallest absolute Gasteiger partial charge is 0.332 e. The van der Waals surface area contributed by atoms with E-state index in [0.717, 1.165) is 49.2 Å². The Morgan fingerprint density at radius 3 is 2.89 bits per heavy atom. The molecular formula is C18H28N4O4S. The number of aromatic nitrogens is 4. The number of aromatic amines is 1. The number of hydrogen-bond donors (Lipinski definition) is 2. The third-order valence-electron chi connectivity index (χ3n) is 5.39. The summed E-state index contributed by atoms with van der Waals surface area (Å²) in [5, 5.41) is 9.85. The van der Waals surface area contributed by atoms with Crippen molar-refractivity contribution in [3.8, 4) is 0 Å². The second kappa shape index (κ2) is 9.07. The fraction of sp³-hybridized carbons (Fsp3) is 0.722. The molecule has 3 rings (SSSR count). The summed E-state index contributed by atoms with van der Waals surface area (Å²) in [6.07, 6.45) is 4.49. The SMILES string of the molecule is CC1CCOCCC1CCCSc1nc2c([nH]1)c(=O)n(C)c(=O)n2CCO. The summed E-state index contributed by atoms with van der Waals surface area (Å²) in [6, 6.07) is 0. The van der Waals surface area contributed by atoms with Crippen molar-refractivity contribution >= 4 is 22.9 Å². The minimum Gasteiger partial charge on any atom is -0.395 e. The average Bonchev–Trinajstić information content (AvgIpc) is 2.97. The van der Waals surface area contributed by atoms with Crippen LogP contribution in [0.3, 0.4) is 0 Å². The normalized spacial score (nSPS) is 20.9. The van der Waals surface area contributed by atoms with Crippen LogP contribution in [0.25, 0.3) is 11.2 Å². The highest BCUT2D eigenvalue weighted by Gasteiger charge is 2.20. The van der Waals surface area contributed by atoms with Crippen LogP contribution in [0.2, 0.25) is 0 Å². The zero-order valence-electron chi connectivity index (χ0n) is 15.9. The summed E-state index contributed by atoms with van der Waals surface area (Å²) < 4.78 is 7.95. The number of aliphatic hydroxyl groups excluding tert-OH is 1. The van der Waals surface area contributed by atoms with Crippen LogP contribution >= 0.6 is 11.8 Å². The molecule has 150 valence electrons. The highest BCUT2D eigenvalue weighted by molar-refractivity contribution is 7.99. The molecule has 2 unspecified atom stereocenters. The largest absolute Gasteiger partial charge is 0.395 e. The molecule has 1 aliphatic rings. The van der Waals surface area contributed by atoms with E-state index in [0.29, 0.717) is 28.2 Å². The monoisotopic (exact) mass is 396 g/mol. The van der Waals surface area contributed by atoms with Crippen LogP contribution in [0.4, 0.5) is 0 Å². The molecule has 9 heteroatoms. The molecule has 0 radical (unpaired) electrons. The van der Waals surface area contributed by atoms with E-state index < -0.39 is 11.2 Å². The number of fused-ring (bicyclic) bond motifs is 1. The maximum absolute atomic E-state index is 12.3. The van der Waals surface area contributed by atoms with Gasteiger partial charge in [-0.05, 0) is 37.5 Å². The standard InChI is InChI=1S/C18H28N4O4S/c1-12-5-9-26-10-6-13(12)4-3-11-27-17-19-14-15(20-17)22(7-8-23)18(25)21(2)16(14)24/h12-13,23H,3-11H2,1-2H3,(H,19,20). The van der Waals surface area contributed by atoms with Crippen molar-refractivity contribution in [2.75, 3.05) is 25.6 Å². The summed E-state index contributed by atoms with van der Waals surface area (Å²) >= 11 is 1.56. The maximum atomic E-state index is 12.3. The van der Waals surface area contributed by atoms with Gasteiger partial charge >= 0.3 is 5.69 Å². The third kappa shape index (κ3) is 4.47.